The molecule has 0 unspecified atom stereocenters. The van der Waals surface area contributed by atoms with Gasteiger partial charge in [0.2, 0.25) is 0 Å². The van der Waals surface area contributed by atoms with Gasteiger partial charge in [0, 0.05) is 17.6 Å². The number of nitriles is 1. The van der Waals surface area contributed by atoms with Gasteiger partial charge in [-0.15, -0.1) is 0 Å². The van der Waals surface area contributed by atoms with E-state index in [4.69, 9.17) is 5.26 Å². The fourth-order valence-electron chi connectivity index (χ4n) is 2.44. The lowest BCUT2D eigenvalue weighted by molar-refractivity contribution is 0.397. The van der Waals surface area contributed by atoms with Crippen LogP contribution in [0.4, 0.5) is 5.69 Å². The van der Waals surface area contributed by atoms with Gasteiger partial charge in [0.1, 0.15) is 0 Å². The molecule has 1 aliphatic rings. The Morgan fingerprint density at radius 1 is 1.18 bits per heavy atom. The third kappa shape index (κ3) is 3.23. The van der Waals surface area contributed by atoms with Crippen LogP contribution in [0.2, 0.25) is 0 Å². The summed E-state index contributed by atoms with van der Waals surface area (Å²) in [6.07, 6.45) is 5.41. The van der Waals surface area contributed by atoms with E-state index in [1.165, 1.54) is 11.3 Å². The lowest BCUT2D eigenvalue weighted by atomic mass is 9.87. The monoisotopic (exact) mass is 228 g/mol. The van der Waals surface area contributed by atoms with Gasteiger partial charge >= 0.3 is 0 Å². The molecule has 0 radical (unpaired) electrons. The lowest BCUT2D eigenvalue weighted by Crippen LogP contribution is -2.25. The lowest BCUT2D eigenvalue weighted by Gasteiger charge is -2.26. The van der Waals surface area contributed by atoms with Gasteiger partial charge in [-0.25, -0.2) is 0 Å². The summed E-state index contributed by atoms with van der Waals surface area (Å²) in [7, 11) is 0. The summed E-state index contributed by atoms with van der Waals surface area (Å²) in [6, 6.07) is 11.6. The molecule has 2 rings (SSSR count). The Kier molecular flexibility index (Phi) is 4.03. The predicted octanol–water partition coefficient (Wildman–Crippen LogP) is 3.74. The van der Waals surface area contributed by atoms with E-state index < -0.39 is 0 Å². The Balaban J connectivity index is 1.87. The number of hydrogen-bond donors (Lipinski definition) is 1. The standard InChI is InChI=1S/C15H20N2/c1-2-12-3-7-14(8-4-12)17-15-9-5-13(11-16)6-10-15/h3-4,7-8,13,15,17H,2,5-6,9-10H2,1H3. The number of rotatable bonds is 3. The molecule has 1 aliphatic carbocycles. The van der Waals surface area contributed by atoms with Crippen molar-refractivity contribution in [3.05, 3.63) is 29.8 Å². The fourth-order valence-corrected chi connectivity index (χ4v) is 2.44. The molecule has 2 heteroatoms. The first-order chi connectivity index (χ1) is 8.31. The largest absolute Gasteiger partial charge is 0.382 e. The van der Waals surface area contributed by atoms with Crippen LogP contribution < -0.4 is 5.32 Å². The van der Waals surface area contributed by atoms with Crippen LogP contribution >= 0.6 is 0 Å². The maximum absolute atomic E-state index is 8.85. The first-order valence-corrected chi connectivity index (χ1v) is 6.57. The normalized spacial score (nSPS) is 24.0. The van der Waals surface area contributed by atoms with E-state index in [2.05, 4.69) is 42.6 Å². The van der Waals surface area contributed by atoms with Crippen LogP contribution in [-0.4, -0.2) is 6.04 Å². The van der Waals surface area contributed by atoms with E-state index in [9.17, 15) is 0 Å². The van der Waals surface area contributed by atoms with Gasteiger partial charge in [0.15, 0.2) is 0 Å². The summed E-state index contributed by atoms with van der Waals surface area (Å²) in [4.78, 5) is 0. The Bertz CT molecular complexity index is 380. The quantitative estimate of drug-likeness (QED) is 0.855. The van der Waals surface area contributed by atoms with Gasteiger partial charge in [-0.05, 0) is 49.8 Å². The molecule has 0 aromatic heterocycles. The van der Waals surface area contributed by atoms with Crippen molar-refractivity contribution in [3.8, 4) is 6.07 Å². The number of nitrogens with zero attached hydrogens (tertiary/aromatic N) is 1. The second-order valence-corrected chi connectivity index (χ2v) is 4.87. The molecule has 0 aliphatic heterocycles. The van der Waals surface area contributed by atoms with E-state index in [-0.39, 0.29) is 5.92 Å². The Morgan fingerprint density at radius 2 is 1.82 bits per heavy atom. The third-order valence-electron chi connectivity index (χ3n) is 3.64. The molecule has 0 atom stereocenters. The van der Waals surface area contributed by atoms with Crippen LogP contribution in [-0.2, 0) is 6.42 Å². The minimum atomic E-state index is 0.288. The second kappa shape index (κ2) is 5.72. The molecule has 90 valence electrons. The molecule has 1 fully saturated rings. The molecule has 0 heterocycles. The summed E-state index contributed by atoms with van der Waals surface area (Å²) in [5.41, 5.74) is 2.59. The zero-order chi connectivity index (χ0) is 12.1. The van der Waals surface area contributed by atoms with Gasteiger partial charge in [-0.1, -0.05) is 19.1 Å². The van der Waals surface area contributed by atoms with Crippen molar-refractivity contribution < 1.29 is 0 Å². The van der Waals surface area contributed by atoms with E-state index in [0.29, 0.717) is 6.04 Å². The molecule has 2 nitrogen and oxygen atoms in total. The molecule has 0 bridgehead atoms. The molecular formula is C15H20N2. The summed E-state index contributed by atoms with van der Waals surface area (Å²) < 4.78 is 0. The average molecular weight is 228 g/mol. The van der Waals surface area contributed by atoms with Crippen molar-refractivity contribution in [1.29, 1.82) is 5.26 Å². The van der Waals surface area contributed by atoms with Crippen LogP contribution in [0.25, 0.3) is 0 Å². The molecule has 0 amide bonds. The Labute approximate surface area is 104 Å². The highest BCUT2D eigenvalue weighted by atomic mass is 14.9. The zero-order valence-corrected chi connectivity index (χ0v) is 10.4. The maximum Gasteiger partial charge on any atom is 0.0655 e. The molecule has 1 N–H and O–H groups in total. The van der Waals surface area contributed by atoms with Crippen LogP contribution in [0.1, 0.15) is 38.2 Å². The summed E-state index contributed by atoms with van der Waals surface area (Å²) in [5, 5.41) is 12.4. The van der Waals surface area contributed by atoms with E-state index in [1.54, 1.807) is 0 Å². The second-order valence-electron chi connectivity index (χ2n) is 4.87. The highest BCUT2D eigenvalue weighted by Gasteiger charge is 2.20. The van der Waals surface area contributed by atoms with Crippen molar-refractivity contribution in [2.45, 2.75) is 45.1 Å². The highest BCUT2D eigenvalue weighted by Crippen LogP contribution is 2.26. The minimum Gasteiger partial charge on any atom is -0.382 e. The third-order valence-corrected chi connectivity index (χ3v) is 3.64. The van der Waals surface area contributed by atoms with Crippen molar-refractivity contribution in [2.24, 2.45) is 5.92 Å². The van der Waals surface area contributed by atoms with Crippen LogP contribution in [0.5, 0.6) is 0 Å². The van der Waals surface area contributed by atoms with Crippen molar-refractivity contribution in [2.75, 3.05) is 5.32 Å². The van der Waals surface area contributed by atoms with E-state index >= 15 is 0 Å². The smallest absolute Gasteiger partial charge is 0.0655 e. The Morgan fingerprint density at radius 3 is 2.35 bits per heavy atom. The first-order valence-electron chi connectivity index (χ1n) is 6.57. The van der Waals surface area contributed by atoms with Crippen molar-refractivity contribution in [1.82, 2.24) is 0 Å². The predicted molar refractivity (Wildman–Crippen MR) is 70.8 cm³/mol. The molecule has 0 spiro atoms. The van der Waals surface area contributed by atoms with Gasteiger partial charge in [-0.2, -0.15) is 5.26 Å². The number of anilines is 1. The summed E-state index contributed by atoms with van der Waals surface area (Å²) in [5.74, 6) is 0.288. The van der Waals surface area contributed by atoms with E-state index in [0.717, 1.165) is 32.1 Å². The van der Waals surface area contributed by atoms with Crippen LogP contribution in [0.15, 0.2) is 24.3 Å². The molecule has 17 heavy (non-hydrogen) atoms. The average Bonchev–Trinajstić information content (AvgIpc) is 2.40. The molecule has 1 saturated carbocycles. The maximum atomic E-state index is 8.85. The number of nitrogens with one attached hydrogen (secondary N) is 1. The number of benzene rings is 1. The van der Waals surface area contributed by atoms with E-state index in [1.807, 2.05) is 0 Å². The van der Waals surface area contributed by atoms with Gasteiger partial charge in [0.25, 0.3) is 0 Å². The topological polar surface area (TPSA) is 35.8 Å². The molecule has 1 aromatic carbocycles. The SMILES string of the molecule is CCc1ccc(NC2CCC(C#N)CC2)cc1. The van der Waals surface area contributed by atoms with Gasteiger partial charge in [-0.3, -0.25) is 0 Å². The zero-order valence-electron chi connectivity index (χ0n) is 10.4. The molecule has 0 saturated heterocycles. The summed E-state index contributed by atoms with van der Waals surface area (Å²) in [6.45, 7) is 2.17. The van der Waals surface area contributed by atoms with Crippen molar-refractivity contribution >= 4 is 5.69 Å². The molecule has 1 aromatic rings. The number of hydrogen-bond acceptors (Lipinski definition) is 2. The first kappa shape index (κ1) is 12.0. The molecular weight excluding hydrogens is 208 g/mol. The van der Waals surface area contributed by atoms with Gasteiger partial charge in [0.05, 0.1) is 6.07 Å². The Hall–Kier alpha value is -1.49. The number of aryl methyl sites for hydroxylation is 1. The van der Waals surface area contributed by atoms with Crippen LogP contribution in [0, 0.1) is 17.2 Å². The van der Waals surface area contributed by atoms with Gasteiger partial charge < -0.3 is 5.32 Å². The minimum absolute atomic E-state index is 0.288. The fraction of sp³-hybridized carbons (Fsp3) is 0.533. The summed E-state index contributed by atoms with van der Waals surface area (Å²) >= 11 is 0. The van der Waals surface area contributed by atoms with Crippen molar-refractivity contribution in [3.63, 3.8) is 0 Å². The van der Waals surface area contributed by atoms with Crippen LogP contribution in [0.3, 0.4) is 0 Å². The highest BCUT2D eigenvalue weighted by molar-refractivity contribution is 5.45.